The molecule has 0 aromatic heterocycles. The van der Waals surface area contributed by atoms with Gasteiger partial charge in [-0.05, 0) is 18.9 Å². The highest BCUT2D eigenvalue weighted by atomic mass is 32.2. The summed E-state index contributed by atoms with van der Waals surface area (Å²) in [7, 11) is -3.32. The summed E-state index contributed by atoms with van der Waals surface area (Å²) >= 11 is 0. The molecule has 0 aliphatic rings. The highest BCUT2D eigenvalue weighted by Gasteiger charge is 1.95. The molecule has 0 atom stereocenters. The number of unbranched alkanes of at least 4 members (excludes halogenated alkanes) is 6. The largest absolute Gasteiger partial charge is 0.391 e. The SMILES string of the molecule is CCCCCCCCC=COS(C)(=O)=O. The van der Waals surface area contributed by atoms with Crippen molar-refractivity contribution in [2.75, 3.05) is 6.26 Å². The Morgan fingerprint density at radius 2 is 1.67 bits per heavy atom. The second kappa shape index (κ2) is 8.77. The molecule has 0 rings (SSSR count). The van der Waals surface area contributed by atoms with Crippen LogP contribution >= 0.6 is 0 Å². The molecule has 0 radical (unpaired) electrons. The molecule has 0 heterocycles. The van der Waals surface area contributed by atoms with Crippen LogP contribution in [0.4, 0.5) is 0 Å². The molecule has 0 amide bonds. The summed E-state index contributed by atoms with van der Waals surface area (Å²) in [4.78, 5) is 0. The van der Waals surface area contributed by atoms with Crippen LogP contribution in [0.3, 0.4) is 0 Å². The molecule has 0 aliphatic carbocycles. The van der Waals surface area contributed by atoms with Crippen LogP contribution in [-0.4, -0.2) is 14.7 Å². The number of rotatable bonds is 9. The first-order chi connectivity index (χ1) is 7.06. The van der Waals surface area contributed by atoms with E-state index in [-0.39, 0.29) is 0 Å². The number of hydrogen-bond acceptors (Lipinski definition) is 3. The lowest BCUT2D eigenvalue weighted by atomic mass is 10.1. The zero-order valence-electron chi connectivity index (χ0n) is 9.74. The fourth-order valence-electron chi connectivity index (χ4n) is 1.25. The van der Waals surface area contributed by atoms with Gasteiger partial charge in [-0.2, -0.15) is 8.42 Å². The van der Waals surface area contributed by atoms with Gasteiger partial charge in [-0.25, -0.2) is 0 Å². The Kier molecular flexibility index (Phi) is 8.47. The minimum absolute atomic E-state index is 0.891. The van der Waals surface area contributed by atoms with Crippen molar-refractivity contribution in [1.82, 2.24) is 0 Å². The van der Waals surface area contributed by atoms with Gasteiger partial charge in [0.1, 0.15) is 6.26 Å². The summed E-state index contributed by atoms with van der Waals surface area (Å²) in [6, 6.07) is 0. The molecule has 0 unspecified atom stereocenters. The van der Waals surface area contributed by atoms with Crippen LogP contribution < -0.4 is 0 Å². The zero-order chi connectivity index (χ0) is 11.6. The third-order valence-electron chi connectivity index (χ3n) is 2.05. The monoisotopic (exact) mass is 234 g/mol. The molecule has 0 aromatic rings. The molecule has 0 bridgehead atoms. The summed E-state index contributed by atoms with van der Waals surface area (Å²) < 4.78 is 25.6. The lowest BCUT2D eigenvalue weighted by Gasteiger charge is -1.98. The minimum atomic E-state index is -3.32. The van der Waals surface area contributed by atoms with Gasteiger partial charge in [0.05, 0.1) is 6.26 Å². The topological polar surface area (TPSA) is 43.4 Å². The van der Waals surface area contributed by atoms with E-state index >= 15 is 0 Å². The second-order valence-electron chi connectivity index (χ2n) is 3.73. The molecule has 0 saturated carbocycles. The fourth-order valence-corrected chi connectivity index (χ4v) is 1.53. The van der Waals surface area contributed by atoms with Crippen molar-refractivity contribution in [3.63, 3.8) is 0 Å². The first-order valence-corrected chi connectivity index (χ1v) is 7.41. The lowest BCUT2D eigenvalue weighted by Crippen LogP contribution is -1.95. The van der Waals surface area contributed by atoms with E-state index in [2.05, 4.69) is 11.1 Å². The maximum Gasteiger partial charge on any atom is 0.305 e. The van der Waals surface area contributed by atoms with Crippen molar-refractivity contribution in [2.24, 2.45) is 0 Å². The first kappa shape index (κ1) is 14.5. The van der Waals surface area contributed by atoms with Gasteiger partial charge >= 0.3 is 10.1 Å². The summed E-state index contributed by atoms with van der Waals surface area (Å²) in [5, 5.41) is 0. The van der Waals surface area contributed by atoms with E-state index in [4.69, 9.17) is 0 Å². The molecule has 0 fully saturated rings. The lowest BCUT2D eigenvalue weighted by molar-refractivity contribution is 0.447. The molecule has 0 N–H and O–H groups in total. The van der Waals surface area contributed by atoms with Crippen LogP contribution in [0, 0.1) is 0 Å². The van der Waals surface area contributed by atoms with Gasteiger partial charge in [0, 0.05) is 0 Å². The van der Waals surface area contributed by atoms with Crippen LogP contribution in [0.1, 0.15) is 51.9 Å². The van der Waals surface area contributed by atoms with Crippen LogP contribution in [0.25, 0.3) is 0 Å². The Morgan fingerprint density at radius 1 is 1.07 bits per heavy atom. The van der Waals surface area contributed by atoms with E-state index < -0.39 is 10.1 Å². The predicted octanol–water partition coefficient (Wildman–Crippen LogP) is 3.23. The van der Waals surface area contributed by atoms with Gasteiger partial charge < -0.3 is 4.18 Å². The second-order valence-corrected chi connectivity index (χ2v) is 5.33. The van der Waals surface area contributed by atoms with Crippen LogP contribution in [0.2, 0.25) is 0 Å². The minimum Gasteiger partial charge on any atom is -0.391 e. The Bertz CT molecular complexity index is 255. The highest BCUT2D eigenvalue weighted by molar-refractivity contribution is 7.86. The Morgan fingerprint density at radius 3 is 2.27 bits per heavy atom. The highest BCUT2D eigenvalue weighted by Crippen LogP contribution is 2.07. The van der Waals surface area contributed by atoms with Crippen molar-refractivity contribution < 1.29 is 12.6 Å². The number of allylic oxidation sites excluding steroid dienone is 1. The summed E-state index contributed by atoms with van der Waals surface area (Å²) in [6.07, 6.45) is 12.4. The van der Waals surface area contributed by atoms with Crippen LogP contribution in [0.5, 0.6) is 0 Å². The van der Waals surface area contributed by atoms with E-state index in [1.807, 2.05) is 0 Å². The van der Waals surface area contributed by atoms with E-state index in [1.165, 1.54) is 38.4 Å². The summed E-state index contributed by atoms with van der Waals surface area (Å²) in [5.41, 5.74) is 0. The average molecular weight is 234 g/mol. The molecule has 0 aromatic carbocycles. The van der Waals surface area contributed by atoms with Crippen LogP contribution in [-0.2, 0) is 14.3 Å². The molecule has 0 saturated heterocycles. The van der Waals surface area contributed by atoms with E-state index in [0.717, 1.165) is 19.1 Å². The van der Waals surface area contributed by atoms with Gasteiger partial charge in [-0.1, -0.05) is 39.0 Å². The third-order valence-corrected chi connectivity index (χ3v) is 2.51. The smallest absolute Gasteiger partial charge is 0.305 e. The molecule has 0 spiro atoms. The van der Waals surface area contributed by atoms with Gasteiger partial charge in [0.2, 0.25) is 0 Å². The van der Waals surface area contributed by atoms with Crippen molar-refractivity contribution in [1.29, 1.82) is 0 Å². The van der Waals surface area contributed by atoms with Gasteiger partial charge in [0.15, 0.2) is 0 Å². The van der Waals surface area contributed by atoms with E-state index in [0.29, 0.717) is 0 Å². The average Bonchev–Trinajstić information content (AvgIpc) is 2.14. The molecule has 4 heteroatoms. The van der Waals surface area contributed by atoms with Gasteiger partial charge in [0.25, 0.3) is 0 Å². The van der Waals surface area contributed by atoms with Crippen molar-refractivity contribution in [3.05, 3.63) is 12.3 Å². The maximum absolute atomic E-state index is 10.6. The fraction of sp³-hybridized carbons (Fsp3) is 0.818. The number of hydrogen-bond donors (Lipinski definition) is 0. The van der Waals surface area contributed by atoms with Crippen molar-refractivity contribution >= 4 is 10.1 Å². The maximum atomic E-state index is 10.6. The molecule has 90 valence electrons. The Labute approximate surface area is 93.6 Å². The molecular formula is C11H22O3S. The van der Waals surface area contributed by atoms with Gasteiger partial charge in [-0.15, -0.1) is 0 Å². The van der Waals surface area contributed by atoms with Crippen molar-refractivity contribution in [3.8, 4) is 0 Å². The van der Waals surface area contributed by atoms with Gasteiger partial charge in [-0.3, -0.25) is 0 Å². The quantitative estimate of drug-likeness (QED) is 0.349. The summed E-state index contributed by atoms with van der Waals surface area (Å²) in [6.45, 7) is 2.20. The Balaban J connectivity index is 3.24. The predicted molar refractivity (Wildman–Crippen MR) is 63.1 cm³/mol. The first-order valence-electron chi connectivity index (χ1n) is 5.59. The normalized spacial score (nSPS) is 12.1. The summed E-state index contributed by atoms with van der Waals surface area (Å²) in [5.74, 6) is 0. The standard InChI is InChI=1S/C11H22O3S/c1-3-4-5-6-7-8-9-10-11-14-15(2,12)13/h10-11H,3-9H2,1-2H3. The van der Waals surface area contributed by atoms with E-state index in [9.17, 15) is 8.42 Å². The Hall–Kier alpha value is -0.510. The molecule has 0 aliphatic heterocycles. The van der Waals surface area contributed by atoms with Crippen LogP contribution in [0.15, 0.2) is 12.3 Å². The third kappa shape index (κ3) is 13.5. The molecule has 3 nitrogen and oxygen atoms in total. The molecular weight excluding hydrogens is 212 g/mol. The van der Waals surface area contributed by atoms with E-state index in [1.54, 1.807) is 6.08 Å². The molecule has 15 heavy (non-hydrogen) atoms. The zero-order valence-corrected chi connectivity index (χ0v) is 10.6. The van der Waals surface area contributed by atoms with Crippen molar-refractivity contribution in [2.45, 2.75) is 51.9 Å².